The average molecular weight is 302 g/mol. The SMILES string of the molecule is C/C1=C\C[C@@]2(C)C(=O)C=C(C(C)C)[C@H]2CC[C@]2(C)O[C@H]2CC1. The normalized spacial score (nSPS) is 44.5. The number of fused-ring (bicyclic) bond motifs is 2. The van der Waals surface area contributed by atoms with Gasteiger partial charge < -0.3 is 4.74 Å². The zero-order valence-electron chi connectivity index (χ0n) is 14.7. The van der Waals surface area contributed by atoms with E-state index in [0.717, 1.165) is 32.1 Å². The molecule has 3 aliphatic rings. The molecule has 0 spiro atoms. The van der Waals surface area contributed by atoms with Crippen molar-refractivity contribution in [2.24, 2.45) is 17.3 Å². The Labute approximate surface area is 135 Å². The van der Waals surface area contributed by atoms with Crippen molar-refractivity contribution >= 4 is 5.78 Å². The quantitative estimate of drug-likeness (QED) is 0.512. The van der Waals surface area contributed by atoms with E-state index in [0.29, 0.717) is 23.7 Å². The van der Waals surface area contributed by atoms with E-state index >= 15 is 0 Å². The first kappa shape index (κ1) is 16.0. The van der Waals surface area contributed by atoms with Crippen LogP contribution < -0.4 is 0 Å². The van der Waals surface area contributed by atoms with Crippen molar-refractivity contribution in [1.82, 2.24) is 0 Å². The average Bonchev–Trinajstić information content (AvgIpc) is 3.03. The largest absolute Gasteiger partial charge is 0.366 e. The molecular weight excluding hydrogens is 272 g/mol. The highest BCUT2D eigenvalue weighted by molar-refractivity contribution is 5.98. The third-order valence-electron chi connectivity index (χ3n) is 6.34. The van der Waals surface area contributed by atoms with E-state index < -0.39 is 0 Å². The summed E-state index contributed by atoms with van der Waals surface area (Å²) in [6, 6.07) is 0. The van der Waals surface area contributed by atoms with E-state index in [1.165, 1.54) is 11.1 Å². The Hall–Kier alpha value is -0.890. The minimum Gasteiger partial charge on any atom is -0.366 e. The first-order valence-electron chi connectivity index (χ1n) is 8.85. The lowest BCUT2D eigenvalue weighted by atomic mass is 9.69. The molecule has 1 aliphatic heterocycles. The van der Waals surface area contributed by atoms with Crippen LogP contribution in [0.5, 0.6) is 0 Å². The summed E-state index contributed by atoms with van der Waals surface area (Å²) in [7, 11) is 0. The van der Waals surface area contributed by atoms with Gasteiger partial charge in [0.2, 0.25) is 0 Å². The topological polar surface area (TPSA) is 29.6 Å². The number of hydrogen-bond acceptors (Lipinski definition) is 2. The monoisotopic (exact) mass is 302 g/mol. The first-order chi connectivity index (χ1) is 10.3. The van der Waals surface area contributed by atoms with Crippen molar-refractivity contribution in [1.29, 1.82) is 0 Å². The van der Waals surface area contributed by atoms with Crippen LogP contribution in [0.2, 0.25) is 0 Å². The number of hydrogen-bond donors (Lipinski definition) is 0. The maximum absolute atomic E-state index is 12.7. The van der Waals surface area contributed by atoms with E-state index in [-0.39, 0.29) is 11.0 Å². The van der Waals surface area contributed by atoms with Crippen LogP contribution in [0.3, 0.4) is 0 Å². The second-order valence-corrected chi connectivity index (χ2v) is 8.38. The molecular formula is C20H30O2. The lowest BCUT2D eigenvalue weighted by Gasteiger charge is -2.33. The van der Waals surface area contributed by atoms with Crippen molar-refractivity contribution in [3.8, 4) is 0 Å². The zero-order chi connectivity index (χ0) is 16.1. The molecule has 0 aromatic carbocycles. The molecule has 3 rings (SSSR count). The van der Waals surface area contributed by atoms with E-state index in [4.69, 9.17) is 4.74 Å². The molecule has 0 radical (unpaired) electrons. The Kier molecular flexibility index (Phi) is 3.87. The number of rotatable bonds is 1. The van der Waals surface area contributed by atoms with Gasteiger partial charge in [-0.05, 0) is 63.9 Å². The summed E-state index contributed by atoms with van der Waals surface area (Å²) in [4.78, 5) is 12.7. The predicted molar refractivity (Wildman–Crippen MR) is 89.6 cm³/mol. The lowest BCUT2D eigenvalue weighted by molar-refractivity contribution is -0.123. The number of allylic oxidation sites excluding steroid dienone is 4. The lowest BCUT2D eigenvalue weighted by Crippen LogP contribution is -2.32. The predicted octanol–water partition coefficient (Wildman–Crippen LogP) is 4.84. The highest BCUT2D eigenvalue weighted by Gasteiger charge is 2.53. The van der Waals surface area contributed by atoms with Crippen LogP contribution in [-0.2, 0) is 9.53 Å². The highest BCUT2D eigenvalue weighted by atomic mass is 16.6. The van der Waals surface area contributed by atoms with E-state index in [1.54, 1.807) is 0 Å². The van der Waals surface area contributed by atoms with Crippen molar-refractivity contribution in [3.63, 3.8) is 0 Å². The fourth-order valence-electron chi connectivity index (χ4n) is 4.41. The van der Waals surface area contributed by atoms with Gasteiger partial charge in [0.15, 0.2) is 5.78 Å². The second kappa shape index (κ2) is 5.33. The van der Waals surface area contributed by atoms with Gasteiger partial charge in [0.25, 0.3) is 0 Å². The first-order valence-corrected chi connectivity index (χ1v) is 8.85. The van der Waals surface area contributed by atoms with Crippen LogP contribution in [0.1, 0.15) is 66.7 Å². The summed E-state index contributed by atoms with van der Waals surface area (Å²) in [5.74, 6) is 1.17. The zero-order valence-corrected chi connectivity index (χ0v) is 14.7. The molecule has 0 N–H and O–H groups in total. The molecule has 0 unspecified atom stereocenters. The molecule has 0 aromatic rings. The summed E-state index contributed by atoms with van der Waals surface area (Å²) >= 11 is 0. The maximum Gasteiger partial charge on any atom is 0.162 e. The third kappa shape index (κ3) is 2.60. The molecule has 122 valence electrons. The Morgan fingerprint density at radius 1 is 1.27 bits per heavy atom. The number of ketones is 1. The van der Waals surface area contributed by atoms with Crippen LogP contribution in [0, 0.1) is 17.3 Å². The molecule has 1 saturated heterocycles. The molecule has 0 aromatic heterocycles. The summed E-state index contributed by atoms with van der Waals surface area (Å²) in [6.07, 6.45) is 9.95. The molecule has 0 amide bonds. The van der Waals surface area contributed by atoms with E-state index in [2.05, 4.69) is 40.7 Å². The van der Waals surface area contributed by atoms with E-state index in [1.807, 2.05) is 6.08 Å². The molecule has 2 nitrogen and oxygen atoms in total. The maximum atomic E-state index is 12.7. The van der Waals surface area contributed by atoms with Crippen molar-refractivity contribution < 1.29 is 9.53 Å². The minimum absolute atomic E-state index is 0.0548. The molecule has 22 heavy (non-hydrogen) atoms. The highest BCUT2D eigenvalue weighted by Crippen LogP contribution is 2.52. The summed E-state index contributed by atoms with van der Waals surface area (Å²) in [5.41, 5.74) is 2.58. The molecule has 4 atom stereocenters. The fraction of sp³-hybridized carbons (Fsp3) is 0.750. The van der Waals surface area contributed by atoms with Crippen molar-refractivity contribution in [2.75, 3.05) is 0 Å². The standard InChI is InChI=1S/C20H30O2/c1-13(2)15-12-17(21)19(4)10-8-14(3)6-7-18-20(5,22-18)11-9-16(15)19/h8,12-13,16,18H,6-7,9-11H2,1-5H3/b14-8+/t16-,18+,19-,20+/m1/s1. The van der Waals surface area contributed by atoms with Gasteiger partial charge in [0.1, 0.15) is 0 Å². The van der Waals surface area contributed by atoms with Gasteiger partial charge in [-0.1, -0.05) is 38.0 Å². The molecule has 1 fully saturated rings. The van der Waals surface area contributed by atoms with E-state index in [9.17, 15) is 4.79 Å². The van der Waals surface area contributed by atoms with Gasteiger partial charge >= 0.3 is 0 Å². The van der Waals surface area contributed by atoms with Crippen molar-refractivity contribution in [3.05, 3.63) is 23.3 Å². The van der Waals surface area contributed by atoms with Gasteiger partial charge in [0, 0.05) is 5.41 Å². The van der Waals surface area contributed by atoms with Gasteiger partial charge in [-0.2, -0.15) is 0 Å². The molecule has 2 aliphatic carbocycles. The molecule has 1 heterocycles. The smallest absolute Gasteiger partial charge is 0.162 e. The van der Waals surface area contributed by atoms with Gasteiger partial charge in [-0.3, -0.25) is 4.79 Å². The number of ether oxygens (including phenoxy) is 1. The Balaban J connectivity index is 1.92. The summed E-state index contributed by atoms with van der Waals surface area (Å²) < 4.78 is 6.00. The van der Waals surface area contributed by atoms with Gasteiger partial charge in [-0.15, -0.1) is 0 Å². The van der Waals surface area contributed by atoms with Gasteiger partial charge in [0.05, 0.1) is 11.7 Å². The van der Waals surface area contributed by atoms with Crippen LogP contribution in [-0.4, -0.2) is 17.5 Å². The Morgan fingerprint density at radius 3 is 2.68 bits per heavy atom. The molecule has 0 bridgehead atoms. The Bertz CT molecular complexity index is 542. The number of carbonyl (C=O) groups is 1. The van der Waals surface area contributed by atoms with Crippen LogP contribution >= 0.6 is 0 Å². The number of carbonyl (C=O) groups excluding carboxylic acids is 1. The van der Waals surface area contributed by atoms with Crippen LogP contribution in [0.4, 0.5) is 0 Å². The third-order valence-corrected chi connectivity index (χ3v) is 6.34. The molecule has 2 heteroatoms. The van der Waals surface area contributed by atoms with Crippen LogP contribution in [0.15, 0.2) is 23.3 Å². The minimum atomic E-state index is -0.244. The summed E-state index contributed by atoms with van der Waals surface area (Å²) in [5, 5.41) is 0. The number of epoxide rings is 1. The fourth-order valence-corrected chi connectivity index (χ4v) is 4.41. The van der Waals surface area contributed by atoms with Crippen molar-refractivity contribution in [2.45, 2.75) is 78.4 Å². The summed E-state index contributed by atoms with van der Waals surface area (Å²) in [6.45, 7) is 11.1. The van der Waals surface area contributed by atoms with Crippen LogP contribution in [0.25, 0.3) is 0 Å². The molecule has 0 saturated carbocycles. The second-order valence-electron chi connectivity index (χ2n) is 8.38. The Morgan fingerprint density at radius 2 is 2.00 bits per heavy atom. The van der Waals surface area contributed by atoms with Gasteiger partial charge in [-0.25, -0.2) is 0 Å².